The summed E-state index contributed by atoms with van der Waals surface area (Å²) in [4.78, 5) is 2.39. The second kappa shape index (κ2) is 5.43. The van der Waals surface area contributed by atoms with Crippen molar-refractivity contribution in [2.24, 2.45) is 5.14 Å². The molecular formula is C11H18N2O2S. The molecule has 0 bridgehead atoms. The summed E-state index contributed by atoms with van der Waals surface area (Å²) >= 11 is 0. The molecule has 0 saturated carbocycles. The van der Waals surface area contributed by atoms with Crippen molar-refractivity contribution in [3.05, 3.63) is 29.8 Å². The minimum atomic E-state index is -3.59. The van der Waals surface area contributed by atoms with Gasteiger partial charge in [-0.1, -0.05) is 26.0 Å². The fourth-order valence-electron chi connectivity index (χ4n) is 1.53. The molecular weight excluding hydrogens is 224 g/mol. The third-order valence-electron chi connectivity index (χ3n) is 2.53. The lowest BCUT2D eigenvalue weighted by Crippen LogP contribution is -2.22. The van der Waals surface area contributed by atoms with Crippen LogP contribution in [-0.2, 0) is 16.6 Å². The van der Waals surface area contributed by atoms with Gasteiger partial charge < -0.3 is 0 Å². The van der Waals surface area contributed by atoms with Crippen LogP contribution in [0.5, 0.6) is 0 Å². The minimum Gasteiger partial charge on any atom is -0.300 e. The molecule has 0 radical (unpaired) electrons. The van der Waals surface area contributed by atoms with Crippen molar-refractivity contribution in [2.45, 2.75) is 25.3 Å². The van der Waals surface area contributed by atoms with Crippen molar-refractivity contribution < 1.29 is 8.42 Å². The maximum Gasteiger partial charge on any atom is 0.238 e. The molecule has 0 spiro atoms. The second-order valence-corrected chi connectivity index (χ2v) is 5.22. The summed E-state index contributed by atoms with van der Waals surface area (Å²) < 4.78 is 22.3. The Bertz CT molecular complexity index is 439. The number of hydrogen-bond acceptors (Lipinski definition) is 3. The zero-order chi connectivity index (χ0) is 12.2. The van der Waals surface area contributed by atoms with Crippen LogP contribution in [0.4, 0.5) is 0 Å². The van der Waals surface area contributed by atoms with Gasteiger partial charge in [0.05, 0.1) is 4.90 Å². The molecule has 0 aliphatic rings. The third-order valence-corrected chi connectivity index (χ3v) is 3.44. The van der Waals surface area contributed by atoms with E-state index in [1.54, 1.807) is 12.1 Å². The average Bonchev–Trinajstić information content (AvgIpc) is 2.25. The highest BCUT2D eigenvalue weighted by atomic mass is 32.2. The molecule has 0 aliphatic heterocycles. The van der Waals surface area contributed by atoms with E-state index in [1.807, 2.05) is 6.07 Å². The Kier molecular flexibility index (Phi) is 4.46. The smallest absolute Gasteiger partial charge is 0.238 e. The largest absolute Gasteiger partial charge is 0.300 e. The monoisotopic (exact) mass is 242 g/mol. The van der Waals surface area contributed by atoms with E-state index in [0.29, 0.717) is 0 Å². The Morgan fingerprint density at radius 1 is 1.25 bits per heavy atom. The molecule has 4 nitrogen and oxygen atoms in total. The first-order chi connectivity index (χ1) is 7.47. The molecule has 0 fully saturated rings. The molecule has 16 heavy (non-hydrogen) atoms. The second-order valence-electron chi connectivity index (χ2n) is 3.65. The molecule has 1 aromatic rings. The van der Waals surface area contributed by atoms with Crippen LogP contribution in [0.25, 0.3) is 0 Å². The van der Waals surface area contributed by atoms with Crippen LogP contribution >= 0.6 is 0 Å². The molecule has 5 heteroatoms. The molecule has 90 valence electrons. The van der Waals surface area contributed by atoms with Gasteiger partial charge in [-0.3, -0.25) is 4.90 Å². The normalized spacial score (nSPS) is 12.0. The van der Waals surface area contributed by atoms with Crippen molar-refractivity contribution >= 4 is 10.0 Å². The summed E-state index contributed by atoms with van der Waals surface area (Å²) in [6.07, 6.45) is 0. The molecule has 0 aromatic heterocycles. The number of benzene rings is 1. The number of rotatable bonds is 5. The Hall–Kier alpha value is -0.910. The van der Waals surface area contributed by atoms with E-state index in [-0.39, 0.29) is 4.90 Å². The molecule has 1 aromatic carbocycles. The summed E-state index contributed by atoms with van der Waals surface area (Å²) in [7, 11) is -3.59. The van der Waals surface area contributed by atoms with Crippen molar-refractivity contribution in [2.75, 3.05) is 13.1 Å². The molecule has 0 heterocycles. The van der Waals surface area contributed by atoms with Crippen molar-refractivity contribution in [1.29, 1.82) is 0 Å². The Morgan fingerprint density at radius 2 is 1.88 bits per heavy atom. The van der Waals surface area contributed by atoms with E-state index in [4.69, 9.17) is 5.14 Å². The van der Waals surface area contributed by atoms with E-state index in [9.17, 15) is 8.42 Å². The summed E-state index contributed by atoms with van der Waals surface area (Å²) in [6.45, 7) is 6.78. The lowest BCUT2D eigenvalue weighted by atomic mass is 10.2. The van der Waals surface area contributed by atoms with Gasteiger partial charge in [-0.2, -0.15) is 0 Å². The Balaban J connectivity index is 2.91. The van der Waals surface area contributed by atoms with E-state index < -0.39 is 10.0 Å². The Morgan fingerprint density at radius 3 is 2.38 bits per heavy atom. The maximum atomic E-state index is 11.2. The first-order valence-corrected chi connectivity index (χ1v) is 6.86. The summed E-state index contributed by atoms with van der Waals surface area (Å²) in [5.41, 5.74) is 0.968. The zero-order valence-electron chi connectivity index (χ0n) is 9.68. The third kappa shape index (κ3) is 3.59. The first kappa shape index (κ1) is 13.2. The molecule has 2 N–H and O–H groups in total. The number of nitrogens with zero attached hydrogens (tertiary/aromatic N) is 1. The quantitative estimate of drug-likeness (QED) is 0.843. The summed E-state index contributed by atoms with van der Waals surface area (Å²) in [5.74, 6) is 0. The van der Waals surface area contributed by atoms with Gasteiger partial charge in [0.15, 0.2) is 0 Å². The van der Waals surface area contributed by atoms with Crippen LogP contribution in [0.1, 0.15) is 19.4 Å². The van der Waals surface area contributed by atoms with Crippen molar-refractivity contribution in [3.63, 3.8) is 0 Å². The highest BCUT2D eigenvalue weighted by molar-refractivity contribution is 7.89. The highest BCUT2D eigenvalue weighted by Gasteiger charge is 2.08. The van der Waals surface area contributed by atoms with E-state index in [1.165, 1.54) is 6.07 Å². The van der Waals surface area contributed by atoms with Crippen LogP contribution in [0.15, 0.2) is 29.2 Å². The van der Waals surface area contributed by atoms with Gasteiger partial charge >= 0.3 is 0 Å². The predicted molar refractivity (Wildman–Crippen MR) is 64.4 cm³/mol. The lowest BCUT2D eigenvalue weighted by Gasteiger charge is -2.18. The van der Waals surface area contributed by atoms with Gasteiger partial charge in [0, 0.05) is 6.54 Å². The fourth-order valence-corrected chi connectivity index (χ4v) is 2.11. The SMILES string of the molecule is CCN(CC)Cc1cccc(S(N)(=O)=O)c1. The van der Waals surface area contributed by atoms with Gasteiger partial charge in [-0.25, -0.2) is 13.6 Å². The molecule has 0 aliphatic carbocycles. The number of hydrogen-bond donors (Lipinski definition) is 1. The van der Waals surface area contributed by atoms with Crippen LogP contribution in [0.2, 0.25) is 0 Å². The highest BCUT2D eigenvalue weighted by Crippen LogP contribution is 2.11. The van der Waals surface area contributed by atoms with E-state index >= 15 is 0 Å². The van der Waals surface area contributed by atoms with Crippen LogP contribution < -0.4 is 5.14 Å². The first-order valence-electron chi connectivity index (χ1n) is 5.31. The summed E-state index contributed by atoms with van der Waals surface area (Å²) in [6, 6.07) is 6.78. The topological polar surface area (TPSA) is 63.4 Å². The Labute approximate surface area is 97.1 Å². The van der Waals surface area contributed by atoms with Crippen LogP contribution in [-0.4, -0.2) is 26.4 Å². The van der Waals surface area contributed by atoms with Gasteiger partial charge in [0.25, 0.3) is 0 Å². The molecule has 0 saturated heterocycles. The fraction of sp³-hybridized carbons (Fsp3) is 0.455. The molecule has 0 atom stereocenters. The average molecular weight is 242 g/mol. The summed E-state index contributed by atoms with van der Waals surface area (Å²) in [5, 5.41) is 5.08. The van der Waals surface area contributed by atoms with Crippen molar-refractivity contribution in [3.8, 4) is 0 Å². The van der Waals surface area contributed by atoms with Gasteiger partial charge in [0.2, 0.25) is 10.0 Å². The zero-order valence-corrected chi connectivity index (χ0v) is 10.5. The van der Waals surface area contributed by atoms with Crippen LogP contribution in [0, 0.1) is 0 Å². The maximum absolute atomic E-state index is 11.2. The number of sulfonamides is 1. The standard InChI is InChI=1S/C11H18N2O2S/c1-3-13(4-2)9-10-6-5-7-11(8-10)16(12,14)15/h5-8H,3-4,9H2,1-2H3,(H2,12,14,15). The van der Waals surface area contributed by atoms with Crippen molar-refractivity contribution in [1.82, 2.24) is 4.90 Å². The van der Waals surface area contributed by atoms with Gasteiger partial charge in [-0.15, -0.1) is 0 Å². The molecule has 1 rings (SSSR count). The lowest BCUT2D eigenvalue weighted by molar-refractivity contribution is 0.295. The van der Waals surface area contributed by atoms with E-state index in [0.717, 1.165) is 25.2 Å². The van der Waals surface area contributed by atoms with Gasteiger partial charge in [-0.05, 0) is 30.8 Å². The van der Waals surface area contributed by atoms with E-state index in [2.05, 4.69) is 18.7 Å². The minimum absolute atomic E-state index is 0.178. The predicted octanol–water partition coefficient (Wildman–Crippen LogP) is 1.18. The number of primary sulfonamides is 1. The molecule has 0 unspecified atom stereocenters. The van der Waals surface area contributed by atoms with Gasteiger partial charge in [0.1, 0.15) is 0 Å². The van der Waals surface area contributed by atoms with Crippen LogP contribution in [0.3, 0.4) is 0 Å². The molecule has 0 amide bonds. The number of nitrogens with two attached hydrogens (primary N) is 1.